The Morgan fingerprint density at radius 3 is 2.59 bits per heavy atom. The zero-order chi connectivity index (χ0) is 12.8. The van der Waals surface area contributed by atoms with Crippen molar-refractivity contribution in [1.29, 1.82) is 0 Å². The number of fused-ring (bicyclic) bond motifs is 1. The Morgan fingerprint density at radius 1 is 1.41 bits per heavy atom. The summed E-state index contributed by atoms with van der Waals surface area (Å²) >= 11 is 0. The van der Waals surface area contributed by atoms with Crippen molar-refractivity contribution in [3.8, 4) is 0 Å². The quantitative estimate of drug-likeness (QED) is 0.774. The molecule has 2 aromatic heterocycles. The van der Waals surface area contributed by atoms with Gasteiger partial charge in [-0.3, -0.25) is 4.98 Å². The number of aryl methyl sites for hydroxylation is 1. The third kappa shape index (κ3) is 2.16. The van der Waals surface area contributed by atoms with Crippen molar-refractivity contribution in [2.45, 2.75) is 25.4 Å². The van der Waals surface area contributed by atoms with Crippen molar-refractivity contribution in [3.63, 3.8) is 0 Å². The Bertz CT molecular complexity index is 558. The molecule has 0 radical (unpaired) electrons. The van der Waals surface area contributed by atoms with Crippen LogP contribution < -0.4 is 0 Å². The van der Waals surface area contributed by atoms with Gasteiger partial charge in [0, 0.05) is 13.0 Å². The zero-order valence-corrected chi connectivity index (χ0v) is 11.1. The summed E-state index contributed by atoms with van der Waals surface area (Å²) in [6.07, 6.45) is 1.45. The van der Waals surface area contributed by atoms with Crippen molar-refractivity contribution < 1.29 is 8.78 Å². The lowest BCUT2D eigenvalue weighted by Crippen LogP contribution is -2.05. The van der Waals surface area contributed by atoms with E-state index < -0.39 is 5.66 Å². The third-order valence-corrected chi connectivity index (χ3v) is 2.96. The van der Waals surface area contributed by atoms with Gasteiger partial charge in [-0.15, -0.1) is 0 Å². The molecule has 17 heavy (non-hydrogen) atoms. The van der Waals surface area contributed by atoms with Crippen molar-refractivity contribution in [3.05, 3.63) is 23.8 Å². The van der Waals surface area contributed by atoms with Gasteiger partial charge >= 0.3 is 0 Å². The van der Waals surface area contributed by atoms with Gasteiger partial charge in [-0.25, -0.2) is 4.98 Å². The van der Waals surface area contributed by atoms with Gasteiger partial charge in [0.25, 0.3) is 5.66 Å². The van der Waals surface area contributed by atoms with E-state index in [4.69, 9.17) is 0 Å². The van der Waals surface area contributed by atoms with Gasteiger partial charge in [0.1, 0.15) is 11.5 Å². The second kappa shape index (κ2) is 3.98. The number of imidazole rings is 1. The van der Waals surface area contributed by atoms with E-state index in [1.54, 1.807) is 0 Å². The maximum absolute atomic E-state index is 13.1. The summed E-state index contributed by atoms with van der Waals surface area (Å²) in [4.78, 5) is 8.15. The predicted molar refractivity (Wildman–Crippen MR) is 66.2 cm³/mol. The van der Waals surface area contributed by atoms with Crippen LogP contribution in [-0.2, 0) is 12.7 Å². The van der Waals surface area contributed by atoms with Gasteiger partial charge in [0.2, 0.25) is 0 Å². The van der Waals surface area contributed by atoms with Crippen LogP contribution in [0.15, 0.2) is 12.3 Å². The highest BCUT2D eigenvalue weighted by atomic mass is 31.0. The SMILES string of the molecule is CC(C)c1nc2cc(C(F)(F)P)ncc2n1C. The highest BCUT2D eigenvalue weighted by molar-refractivity contribution is 7.17. The first kappa shape index (κ1) is 12.4. The average molecular weight is 257 g/mol. The molecule has 6 heteroatoms. The molecule has 0 aromatic carbocycles. The molecule has 1 unspecified atom stereocenters. The van der Waals surface area contributed by atoms with Gasteiger partial charge in [-0.2, -0.15) is 8.78 Å². The van der Waals surface area contributed by atoms with Gasteiger partial charge in [0.05, 0.1) is 17.2 Å². The van der Waals surface area contributed by atoms with E-state index in [9.17, 15) is 8.78 Å². The minimum absolute atomic E-state index is 0.243. The Labute approximate surface area is 100 Å². The summed E-state index contributed by atoms with van der Waals surface area (Å²) in [5, 5.41) is 0. The normalized spacial score (nSPS) is 12.6. The molecular formula is C11H14F2N3P. The Kier molecular flexibility index (Phi) is 2.90. The van der Waals surface area contributed by atoms with Crippen LogP contribution in [0.25, 0.3) is 11.0 Å². The van der Waals surface area contributed by atoms with Crippen LogP contribution in [0.3, 0.4) is 0 Å². The first-order valence-corrected chi connectivity index (χ1v) is 5.88. The summed E-state index contributed by atoms with van der Waals surface area (Å²) in [6.45, 7) is 4.03. The van der Waals surface area contributed by atoms with E-state index in [2.05, 4.69) is 9.97 Å². The molecule has 92 valence electrons. The maximum atomic E-state index is 13.1. The second-order valence-electron chi connectivity index (χ2n) is 4.36. The zero-order valence-electron chi connectivity index (χ0n) is 9.91. The summed E-state index contributed by atoms with van der Waals surface area (Å²) in [7, 11) is 3.35. The predicted octanol–water partition coefficient (Wildman–Crippen LogP) is 3.02. The number of hydrogen-bond acceptors (Lipinski definition) is 2. The summed E-state index contributed by atoms with van der Waals surface area (Å²) in [6, 6.07) is 1.34. The number of pyridine rings is 1. The lowest BCUT2D eigenvalue weighted by atomic mass is 10.2. The van der Waals surface area contributed by atoms with Crippen molar-refractivity contribution in [1.82, 2.24) is 14.5 Å². The van der Waals surface area contributed by atoms with Crippen molar-refractivity contribution >= 4 is 20.3 Å². The second-order valence-corrected chi connectivity index (χ2v) is 5.09. The van der Waals surface area contributed by atoms with Crippen molar-refractivity contribution in [2.24, 2.45) is 7.05 Å². The fourth-order valence-corrected chi connectivity index (χ4v) is 1.96. The van der Waals surface area contributed by atoms with Crippen LogP contribution in [0.1, 0.15) is 31.3 Å². The Balaban J connectivity index is 2.64. The molecule has 0 N–H and O–H groups in total. The molecule has 0 bridgehead atoms. The fraction of sp³-hybridized carbons (Fsp3) is 0.455. The minimum Gasteiger partial charge on any atom is -0.330 e. The highest BCUT2D eigenvalue weighted by Crippen LogP contribution is 2.34. The van der Waals surface area contributed by atoms with E-state index in [1.165, 1.54) is 21.5 Å². The molecule has 3 nitrogen and oxygen atoms in total. The van der Waals surface area contributed by atoms with E-state index in [1.807, 2.05) is 25.5 Å². The number of nitrogens with zero attached hydrogens (tertiary/aromatic N) is 3. The van der Waals surface area contributed by atoms with Crippen LogP contribution in [0, 0.1) is 0 Å². The van der Waals surface area contributed by atoms with Crippen molar-refractivity contribution in [2.75, 3.05) is 0 Å². The van der Waals surface area contributed by atoms with Crippen LogP contribution >= 0.6 is 9.24 Å². The number of aromatic nitrogens is 3. The Morgan fingerprint density at radius 2 is 2.06 bits per heavy atom. The first-order valence-electron chi connectivity index (χ1n) is 5.30. The Hall–Kier alpha value is -1.09. The molecule has 2 aromatic rings. The lowest BCUT2D eigenvalue weighted by Gasteiger charge is -2.08. The standard InChI is InChI=1S/C11H14F2N3P/c1-6(2)10-15-7-4-9(11(12,13)17)14-5-8(7)16(10)3/h4-6H,17H2,1-3H3. The number of halogens is 2. The lowest BCUT2D eigenvalue weighted by molar-refractivity contribution is 0.0988. The van der Waals surface area contributed by atoms with Crippen LogP contribution in [0.4, 0.5) is 8.78 Å². The molecule has 1 atom stereocenters. The molecule has 0 aliphatic carbocycles. The number of rotatable bonds is 2. The molecule has 2 rings (SSSR count). The molecule has 0 aliphatic rings. The molecule has 0 fully saturated rings. The molecular weight excluding hydrogens is 243 g/mol. The van der Waals surface area contributed by atoms with E-state index in [-0.39, 0.29) is 11.6 Å². The summed E-state index contributed by atoms with van der Waals surface area (Å²) < 4.78 is 28.1. The largest absolute Gasteiger partial charge is 0.330 e. The van der Waals surface area contributed by atoms with E-state index in [0.717, 1.165) is 11.3 Å². The smallest absolute Gasteiger partial charge is 0.300 e. The molecule has 2 heterocycles. The summed E-state index contributed by atoms with van der Waals surface area (Å²) in [5.74, 6) is 1.11. The van der Waals surface area contributed by atoms with Gasteiger partial charge in [-0.1, -0.05) is 23.1 Å². The minimum atomic E-state index is -3.01. The van der Waals surface area contributed by atoms with E-state index in [0.29, 0.717) is 5.52 Å². The maximum Gasteiger partial charge on any atom is 0.300 e. The average Bonchev–Trinajstić information content (AvgIpc) is 2.54. The topological polar surface area (TPSA) is 30.7 Å². The highest BCUT2D eigenvalue weighted by Gasteiger charge is 2.27. The molecule has 0 saturated heterocycles. The van der Waals surface area contributed by atoms with Gasteiger partial charge < -0.3 is 4.57 Å². The number of alkyl halides is 2. The number of hydrogen-bond donors (Lipinski definition) is 0. The molecule has 0 saturated carbocycles. The molecule has 0 aliphatic heterocycles. The summed E-state index contributed by atoms with van der Waals surface area (Å²) in [5.41, 5.74) is -1.96. The monoisotopic (exact) mass is 257 g/mol. The molecule has 0 amide bonds. The van der Waals surface area contributed by atoms with Crippen LogP contribution in [0.2, 0.25) is 0 Å². The van der Waals surface area contributed by atoms with E-state index >= 15 is 0 Å². The fourth-order valence-electron chi connectivity index (χ4n) is 1.81. The molecule has 0 spiro atoms. The third-order valence-electron chi connectivity index (χ3n) is 2.66. The first-order chi connectivity index (χ1) is 7.80. The van der Waals surface area contributed by atoms with Crippen LogP contribution in [0.5, 0.6) is 0 Å². The van der Waals surface area contributed by atoms with Gasteiger partial charge in [0.15, 0.2) is 0 Å². The van der Waals surface area contributed by atoms with Crippen LogP contribution in [-0.4, -0.2) is 14.5 Å². The van der Waals surface area contributed by atoms with Gasteiger partial charge in [-0.05, 0) is 6.07 Å².